The number of hydrogen-bond donors (Lipinski definition) is 1. The second-order valence-electron chi connectivity index (χ2n) is 5.27. The smallest absolute Gasteiger partial charge is 0.0746 e. The Labute approximate surface area is 104 Å². The summed E-state index contributed by atoms with van der Waals surface area (Å²) >= 11 is 0. The summed E-state index contributed by atoms with van der Waals surface area (Å²) in [5.41, 5.74) is 3.47. The van der Waals surface area contributed by atoms with E-state index in [-0.39, 0.29) is 11.6 Å². The van der Waals surface area contributed by atoms with E-state index in [1.165, 1.54) is 11.3 Å². The molecule has 98 valence electrons. The van der Waals surface area contributed by atoms with E-state index in [1.54, 1.807) is 7.11 Å². The third-order valence-electron chi connectivity index (χ3n) is 3.38. The molecule has 17 heavy (non-hydrogen) atoms. The number of nitrogens with one attached hydrogen (secondary N) is 1. The lowest BCUT2D eigenvalue weighted by Crippen LogP contribution is -2.38. The van der Waals surface area contributed by atoms with E-state index in [9.17, 15) is 0 Å². The van der Waals surface area contributed by atoms with Crippen LogP contribution in [0, 0.1) is 13.8 Å². The maximum absolute atomic E-state index is 5.41. The van der Waals surface area contributed by atoms with Gasteiger partial charge >= 0.3 is 0 Å². The van der Waals surface area contributed by atoms with Gasteiger partial charge in [-0.15, -0.1) is 0 Å². The fraction of sp³-hybridized carbons (Fsp3) is 0.769. The Balaban J connectivity index is 2.74. The molecule has 1 aromatic heterocycles. The number of hydrogen-bond acceptors (Lipinski definition) is 3. The van der Waals surface area contributed by atoms with Crippen molar-refractivity contribution in [3.05, 3.63) is 17.0 Å². The van der Waals surface area contributed by atoms with Crippen LogP contribution in [0.2, 0.25) is 0 Å². The van der Waals surface area contributed by atoms with Gasteiger partial charge in [0, 0.05) is 38.0 Å². The van der Waals surface area contributed by atoms with Gasteiger partial charge in [0.15, 0.2) is 0 Å². The summed E-state index contributed by atoms with van der Waals surface area (Å²) in [6.07, 6.45) is 0. The van der Waals surface area contributed by atoms with Gasteiger partial charge in [-0.1, -0.05) is 0 Å². The molecule has 0 aliphatic heterocycles. The second-order valence-corrected chi connectivity index (χ2v) is 5.27. The zero-order valence-corrected chi connectivity index (χ0v) is 12.1. The van der Waals surface area contributed by atoms with Gasteiger partial charge in [0.1, 0.15) is 0 Å². The summed E-state index contributed by atoms with van der Waals surface area (Å²) < 4.78 is 7.34. The Kier molecular flexibility index (Phi) is 4.33. The molecule has 4 heteroatoms. The SMILES string of the molecule is COC(C)(C)CNC(C)c1c(C)nn(C)c1C. The van der Waals surface area contributed by atoms with Crippen LogP contribution in [0.5, 0.6) is 0 Å². The summed E-state index contributed by atoms with van der Waals surface area (Å²) in [6, 6.07) is 0.290. The molecule has 0 radical (unpaired) electrons. The number of rotatable bonds is 5. The summed E-state index contributed by atoms with van der Waals surface area (Å²) in [5, 5.41) is 7.95. The van der Waals surface area contributed by atoms with Crippen LogP contribution in [0.25, 0.3) is 0 Å². The van der Waals surface area contributed by atoms with E-state index < -0.39 is 0 Å². The van der Waals surface area contributed by atoms with E-state index in [1.807, 2.05) is 11.7 Å². The fourth-order valence-electron chi connectivity index (χ4n) is 1.99. The van der Waals surface area contributed by atoms with Crippen LogP contribution < -0.4 is 5.32 Å². The van der Waals surface area contributed by atoms with Gasteiger partial charge in [0.05, 0.1) is 11.3 Å². The summed E-state index contributed by atoms with van der Waals surface area (Å²) in [4.78, 5) is 0. The molecule has 0 aromatic carbocycles. The van der Waals surface area contributed by atoms with Gasteiger partial charge in [-0.3, -0.25) is 4.68 Å². The number of methoxy groups -OCH3 is 1. The van der Waals surface area contributed by atoms with Crippen molar-refractivity contribution in [2.75, 3.05) is 13.7 Å². The van der Waals surface area contributed by atoms with Crippen molar-refractivity contribution in [3.8, 4) is 0 Å². The lowest BCUT2D eigenvalue weighted by molar-refractivity contribution is 0.0214. The molecule has 0 saturated heterocycles. The molecule has 1 heterocycles. The largest absolute Gasteiger partial charge is 0.377 e. The highest BCUT2D eigenvalue weighted by molar-refractivity contribution is 5.27. The molecule has 0 bridgehead atoms. The lowest BCUT2D eigenvalue weighted by Gasteiger charge is -2.26. The Morgan fingerprint density at radius 2 is 2.00 bits per heavy atom. The van der Waals surface area contributed by atoms with E-state index in [0.717, 1.165) is 12.2 Å². The zero-order chi connectivity index (χ0) is 13.2. The van der Waals surface area contributed by atoms with Crippen molar-refractivity contribution in [3.63, 3.8) is 0 Å². The van der Waals surface area contributed by atoms with Crippen LogP contribution in [0.1, 0.15) is 43.8 Å². The first-order chi connectivity index (χ1) is 7.78. The van der Waals surface area contributed by atoms with E-state index in [0.29, 0.717) is 0 Å². The molecule has 1 rings (SSSR count). The van der Waals surface area contributed by atoms with Gasteiger partial charge in [0.25, 0.3) is 0 Å². The minimum Gasteiger partial charge on any atom is -0.377 e. The molecule has 4 nitrogen and oxygen atoms in total. The summed E-state index contributed by atoms with van der Waals surface area (Å²) in [7, 11) is 3.73. The van der Waals surface area contributed by atoms with E-state index in [4.69, 9.17) is 4.74 Å². The van der Waals surface area contributed by atoms with Crippen LogP contribution in [0.3, 0.4) is 0 Å². The average molecular weight is 239 g/mol. The third-order valence-corrected chi connectivity index (χ3v) is 3.38. The molecule has 0 fully saturated rings. The molecule has 1 unspecified atom stereocenters. The quantitative estimate of drug-likeness (QED) is 0.855. The maximum Gasteiger partial charge on any atom is 0.0746 e. The van der Waals surface area contributed by atoms with Crippen molar-refractivity contribution >= 4 is 0 Å². The van der Waals surface area contributed by atoms with Crippen LogP contribution in [0.15, 0.2) is 0 Å². The number of ether oxygens (including phenoxy) is 1. The van der Waals surface area contributed by atoms with Crippen molar-refractivity contribution in [1.82, 2.24) is 15.1 Å². The van der Waals surface area contributed by atoms with Crippen molar-refractivity contribution < 1.29 is 4.74 Å². The zero-order valence-electron chi connectivity index (χ0n) is 12.1. The Bertz CT molecular complexity index is 382. The van der Waals surface area contributed by atoms with Gasteiger partial charge in [-0.05, 0) is 34.6 Å². The van der Waals surface area contributed by atoms with Crippen LogP contribution >= 0.6 is 0 Å². The Morgan fingerprint density at radius 1 is 1.41 bits per heavy atom. The van der Waals surface area contributed by atoms with Gasteiger partial charge < -0.3 is 10.1 Å². The lowest BCUT2D eigenvalue weighted by atomic mass is 10.0. The predicted molar refractivity (Wildman–Crippen MR) is 70.2 cm³/mol. The molecule has 0 saturated carbocycles. The van der Waals surface area contributed by atoms with E-state index in [2.05, 4.69) is 45.0 Å². The van der Waals surface area contributed by atoms with Crippen molar-refractivity contribution in [2.45, 2.75) is 46.3 Å². The average Bonchev–Trinajstić information content (AvgIpc) is 2.50. The van der Waals surface area contributed by atoms with Crippen LogP contribution in [-0.2, 0) is 11.8 Å². The standard InChI is InChI=1S/C13H25N3O/c1-9(14-8-13(4,5)17-7)12-10(2)15-16(6)11(12)3/h9,14H,8H2,1-7H3. The molecule has 1 atom stereocenters. The molecule has 1 N–H and O–H groups in total. The van der Waals surface area contributed by atoms with Crippen molar-refractivity contribution in [1.29, 1.82) is 0 Å². The summed E-state index contributed by atoms with van der Waals surface area (Å²) in [6.45, 7) is 11.3. The minimum absolute atomic E-state index is 0.141. The molecule has 0 amide bonds. The van der Waals surface area contributed by atoms with Crippen molar-refractivity contribution in [2.24, 2.45) is 7.05 Å². The monoisotopic (exact) mass is 239 g/mol. The van der Waals surface area contributed by atoms with Gasteiger partial charge in [-0.2, -0.15) is 5.10 Å². The topological polar surface area (TPSA) is 39.1 Å². The highest BCUT2D eigenvalue weighted by atomic mass is 16.5. The minimum atomic E-state index is -0.141. The number of aromatic nitrogens is 2. The summed E-state index contributed by atoms with van der Waals surface area (Å²) in [5.74, 6) is 0. The van der Waals surface area contributed by atoms with Crippen LogP contribution in [-0.4, -0.2) is 29.0 Å². The fourth-order valence-corrected chi connectivity index (χ4v) is 1.99. The van der Waals surface area contributed by atoms with E-state index >= 15 is 0 Å². The first-order valence-electron chi connectivity index (χ1n) is 6.07. The first-order valence-corrected chi connectivity index (χ1v) is 6.07. The third kappa shape index (κ3) is 3.30. The molecular weight excluding hydrogens is 214 g/mol. The molecule has 0 spiro atoms. The highest BCUT2D eigenvalue weighted by Crippen LogP contribution is 2.21. The first kappa shape index (κ1) is 14.2. The second kappa shape index (κ2) is 5.19. The van der Waals surface area contributed by atoms with Gasteiger partial charge in [-0.25, -0.2) is 0 Å². The molecular formula is C13H25N3O. The predicted octanol–water partition coefficient (Wildman–Crippen LogP) is 2.11. The Hall–Kier alpha value is -0.870. The highest BCUT2D eigenvalue weighted by Gasteiger charge is 2.20. The maximum atomic E-state index is 5.41. The van der Waals surface area contributed by atoms with Crippen LogP contribution in [0.4, 0.5) is 0 Å². The number of aryl methyl sites for hydroxylation is 2. The Morgan fingerprint density at radius 3 is 2.41 bits per heavy atom. The number of nitrogens with zero attached hydrogens (tertiary/aromatic N) is 2. The molecule has 1 aromatic rings. The van der Waals surface area contributed by atoms with Gasteiger partial charge in [0.2, 0.25) is 0 Å². The molecule has 0 aliphatic carbocycles. The normalized spacial score (nSPS) is 14.1. The molecule has 0 aliphatic rings.